The van der Waals surface area contributed by atoms with Crippen molar-refractivity contribution in [3.8, 4) is 5.75 Å². The molecule has 1 aliphatic heterocycles. The summed E-state index contributed by atoms with van der Waals surface area (Å²) in [5.74, 6) is 1.33. The quantitative estimate of drug-likeness (QED) is 0.882. The SMILES string of the molecule is Cc1cc(N2CCC(C(=O)c3ccc(O)cc3)CC2)ncn1. The van der Waals surface area contributed by atoms with Gasteiger partial charge in [0.05, 0.1) is 0 Å². The zero-order valence-electron chi connectivity index (χ0n) is 12.6. The molecular formula is C17H19N3O2. The van der Waals surface area contributed by atoms with Crippen LogP contribution in [-0.2, 0) is 0 Å². The zero-order valence-corrected chi connectivity index (χ0v) is 12.6. The highest BCUT2D eigenvalue weighted by molar-refractivity contribution is 5.98. The van der Waals surface area contributed by atoms with E-state index >= 15 is 0 Å². The average molecular weight is 297 g/mol. The number of benzene rings is 1. The molecule has 1 fully saturated rings. The van der Waals surface area contributed by atoms with E-state index in [4.69, 9.17) is 0 Å². The average Bonchev–Trinajstić information content (AvgIpc) is 2.55. The lowest BCUT2D eigenvalue weighted by Crippen LogP contribution is -2.36. The summed E-state index contributed by atoms with van der Waals surface area (Å²) in [4.78, 5) is 23.1. The summed E-state index contributed by atoms with van der Waals surface area (Å²) in [6.45, 7) is 3.60. The van der Waals surface area contributed by atoms with Gasteiger partial charge in [0.2, 0.25) is 0 Å². The highest BCUT2D eigenvalue weighted by atomic mass is 16.3. The van der Waals surface area contributed by atoms with Crippen LogP contribution < -0.4 is 4.90 Å². The number of piperidine rings is 1. The van der Waals surface area contributed by atoms with Gasteiger partial charge in [-0.1, -0.05) is 0 Å². The van der Waals surface area contributed by atoms with E-state index in [0.717, 1.165) is 37.4 Å². The Morgan fingerprint density at radius 1 is 1.18 bits per heavy atom. The van der Waals surface area contributed by atoms with E-state index in [1.165, 1.54) is 0 Å². The Hall–Kier alpha value is -2.43. The van der Waals surface area contributed by atoms with E-state index in [1.807, 2.05) is 13.0 Å². The van der Waals surface area contributed by atoms with Gasteiger partial charge in [-0.3, -0.25) is 4.79 Å². The van der Waals surface area contributed by atoms with E-state index in [2.05, 4.69) is 14.9 Å². The van der Waals surface area contributed by atoms with Gasteiger partial charge in [0.25, 0.3) is 0 Å². The number of aromatic hydroxyl groups is 1. The number of phenolic OH excluding ortho intramolecular Hbond substituents is 1. The Balaban J connectivity index is 1.64. The summed E-state index contributed by atoms with van der Waals surface area (Å²) >= 11 is 0. The minimum atomic E-state index is 0.0451. The number of Topliss-reactive ketones (excluding diaryl/α,β-unsaturated/α-hetero) is 1. The van der Waals surface area contributed by atoms with Crippen molar-refractivity contribution in [2.75, 3.05) is 18.0 Å². The molecule has 0 amide bonds. The van der Waals surface area contributed by atoms with Crippen LogP contribution in [0.5, 0.6) is 5.75 Å². The van der Waals surface area contributed by atoms with Crippen molar-refractivity contribution >= 4 is 11.6 Å². The maximum atomic E-state index is 12.5. The molecule has 1 saturated heterocycles. The largest absolute Gasteiger partial charge is 0.508 e. The number of ketones is 1. The molecule has 2 heterocycles. The molecule has 3 rings (SSSR count). The molecule has 0 saturated carbocycles. The number of nitrogens with zero attached hydrogens (tertiary/aromatic N) is 3. The molecule has 1 aromatic carbocycles. The van der Waals surface area contributed by atoms with Gasteiger partial charge in [-0.2, -0.15) is 0 Å². The Morgan fingerprint density at radius 2 is 1.86 bits per heavy atom. The molecule has 0 aliphatic carbocycles. The van der Waals surface area contributed by atoms with Gasteiger partial charge in [-0.05, 0) is 44.0 Å². The van der Waals surface area contributed by atoms with Crippen LogP contribution in [0.3, 0.4) is 0 Å². The van der Waals surface area contributed by atoms with Crippen molar-refractivity contribution < 1.29 is 9.90 Å². The molecule has 2 aromatic rings. The fraction of sp³-hybridized carbons (Fsp3) is 0.353. The van der Waals surface area contributed by atoms with Crippen molar-refractivity contribution in [1.29, 1.82) is 0 Å². The Kier molecular flexibility index (Phi) is 4.04. The maximum Gasteiger partial charge on any atom is 0.166 e. The van der Waals surface area contributed by atoms with Crippen molar-refractivity contribution in [3.63, 3.8) is 0 Å². The zero-order chi connectivity index (χ0) is 15.5. The summed E-state index contributed by atoms with van der Waals surface area (Å²) < 4.78 is 0. The van der Waals surface area contributed by atoms with Gasteiger partial charge in [0, 0.05) is 36.3 Å². The van der Waals surface area contributed by atoms with Gasteiger partial charge in [-0.15, -0.1) is 0 Å². The molecule has 0 unspecified atom stereocenters. The minimum Gasteiger partial charge on any atom is -0.508 e. The Bertz CT molecular complexity index is 662. The van der Waals surface area contributed by atoms with Crippen LogP contribution in [0.2, 0.25) is 0 Å². The van der Waals surface area contributed by atoms with Gasteiger partial charge < -0.3 is 10.0 Å². The summed E-state index contributed by atoms with van der Waals surface area (Å²) in [7, 11) is 0. The fourth-order valence-corrected chi connectivity index (χ4v) is 2.85. The van der Waals surface area contributed by atoms with E-state index in [9.17, 15) is 9.90 Å². The van der Waals surface area contributed by atoms with Crippen LogP contribution in [0.25, 0.3) is 0 Å². The number of carbonyl (C=O) groups excluding carboxylic acids is 1. The minimum absolute atomic E-state index is 0.0451. The molecule has 5 nitrogen and oxygen atoms in total. The number of aromatic nitrogens is 2. The third kappa shape index (κ3) is 3.08. The van der Waals surface area contributed by atoms with Gasteiger partial charge in [0.15, 0.2) is 5.78 Å². The molecular weight excluding hydrogens is 278 g/mol. The molecule has 22 heavy (non-hydrogen) atoms. The van der Waals surface area contributed by atoms with Crippen molar-refractivity contribution in [2.24, 2.45) is 5.92 Å². The van der Waals surface area contributed by atoms with Crippen LogP contribution in [-0.4, -0.2) is 33.9 Å². The fourth-order valence-electron chi connectivity index (χ4n) is 2.85. The number of anilines is 1. The van der Waals surface area contributed by atoms with Crippen LogP contribution in [0, 0.1) is 12.8 Å². The molecule has 1 aliphatic rings. The smallest absolute Gasteiger partial charge is 0.166 e. The lowest BCUT2D eigenvalue weighted by molar-refractivity contribution is 0.0900. The van der Waals surface area contributed by atoms with Crippen molar-refractivity contribution in [1.82, 2.24) is 9.97 Å². The number of hydrogen-bond acceptors (Lipinski definition) is 5. The number of carbonyl (C=O) groups is 1. The summed E-state index contributed by atoms with van der Waals surface area (Å²) in [6, 6.07) is 8.48. The topological polar surface area (TPSA) is 66.3 Å². The second-order valence-corrected chi connectivity index (χ2v) is 5.69. The van der Waals surface area contributed by atoms with E-state index < -0.39 is 0 Å². The first kappa shape index (κ1) is 14.5. The summed E-state index contributed by atoms with van der Waals surface area (Å²) in [5, 5.41) is 9.30. The van der Waals surface area contributed by atoms with E-state index in [-0.39, 0.29) is 17.5 Å². The molecule has 0 radical (unpaired) electrons. The summed E-state index contributed by atoms with van der Waals surface area (Å²) in [5.41, 5.74) is 1.63. The summed E-state index contributed by atoms with van der Waals surface area (Å²) in [6.07, 6.45) is 3.23. The predicted molar refractivity (Wildman–Crippen MR) is 84.1 cm³/mol. The van der Waals surface area contributed by atoms with Gasteiger partial charge in [0.1, 0.15) is 17.9 Å². The van der Waals surface area contributed by atoms with Crippen LogP contribution in [0.15, 0.2) is 36.7 Å². The van der Waals surface area contributed by atoms with Gasteiger partial charge >= 0.3 is 0 Å². The Labute approximate surface area is 129 Å². The lowest BCUT2D eigenvalue weighted by Gasteiger charge is -2.32. The highest BCUT2D eigenvalue weighted by Crippen LogP contribution is 2.25. The standard InChI is InChI=1S/C17H19N3O2/c1-12-10-16(19-11-18-12)20-8-6-14(7-9-20)17(22)13-2-4-15(21)5-3-13/h2-5,10-11,14,21H,6-9H2,1H3. The molecule has 114 valence electrons. The number of phenols is 1. The molecule has 5 heteroatoms. The number of aryl methyl sites for hydroxylation is 1. The van der Waals surface area contributed by atoms with Crippen LogP contribution in [0.1, 0.15) is 28.9 Å². The second kappa shape index (κ2) is 6.13. The lowest BCUT2D eigenvalue weighted by atomic mass is 9.89. The van der Waals surface area contributed by atoms with E-state index in [0.29, 0.717) is 5.56 Å². The third-order valence-corrected chi connectivity index (χ3v) is 4.13. The first-order chi connectivity index (χ1) is 10.6. The number of rotatable bonds is 3. The number of hydrogen-bond donors (Lipinski definition) is 1. The molecule has 0 bridgehead atoms. The van der Waals surface area contributed by atoms with Crippen LogP contribution in [0.4, 0.5) is 5.82 Å². The Morgan fingerprint density at radius 3 is 2.50 bits per heavy atom. The van der Waals surface area contributed by atoms with Crippen LogP contribution >= 0.6 is 0 Å². The molecule has 1 aromatic heterocycles. The second-order valence-electron chi connectivity index (χ2n) is 5.69. The predicted octanol–water partition coefficient (Wildman–Crippen LogP) is 2.59. The maximum absolute atomic E-state index is 12.5. The molecule has 0 atom stereocenters. The first-order valence-electron chi connectivity index (χ1n) is 7.50. The molecule has 1 N–H and O–H groups in total. The normalized spacial score (nSPS) is 15.8. The monoisotopic (exact) mass is 297 g/mol. The van der Waals surface area contributed by atoms with E-state index in [1.54, 1.807) is 30.6 Å². The highest BCUT2D eigenvalue weighted by Gasteiger charge is 2.26. The first-order valence-corrected chi connectivity index (χ1v) is 7.50. The van der Waals surface area contributed by atoms with Gasteiger partial charge in [-0.25, -0.2) is 9.97 Å². The van der Waals surface area contributed by atoms with Crippen molar-refractivity contribution in [3.05, 3.63) is 47.9 Å². The third-order valence-electron chi connectivity index (χ3n) is 4.13. The molecule has 0 spiro atoms. The van der Waals surface area contributed by atoms with Crippen molar-refractivity contribution in [2.45, 2.75) is 19.8 Å².